The van der Waals surface area contributed by atoms with E-state index in [1.165, 1.54) is 0 Å². The smallest absolute Gasteiger partial charge is 0.223 e. The van der Waals surface area contributed by atoms with Crippen LogP contribution in [-0.4, -0.2) is 52.8 Å². The second kappa shape index (κ2) is 6.24. The minimum atomic E-state index is 0.208. The Kier molecular flexibility index (Phi) is 4.66. The predicted molar refractivity (Wildman–Crippen MR) is 71.6 cm³/mol. The highest BCUT2D eigenvalue weighted by Gasteiger charge is 2.21. The zero-order valence-corrected chi connectivity index (χ0v) is 11.5. The molecule has 18 heavy (non-hydrogen) atoms. The van der Waals surface area contributed by atoms with Gasteiger partial charge in [-0.25, -0.2) is 0 Å². The summed E-state index contributed by atoms with van der Waals surface area (Å²) in [5.41, 5.74) is 0.910. The van der Waals surface area contributed by atoms with Gasteiger partial charge in [0.1, 0.15) is 0 Å². The summed E-state index contributed by atoms with van der Waals surface area (Å²) in [6.07, 6.45) is 0.532. The lowest BCUT2D eigenvalue weighted by atomic mass is 10.2. The van der Waals surface area contributed by atoms with Gasteiger partial charge in [-0.3, -0.25) is 9.69 Å². The summed E-state index contributed by atoms with van der Waals surface area (Å²) in [5.74, 6) is 1.72. The van der Waals surface area contributed by atoms with Gasteiger partial charge in [-0.2, -0.15) is 12.6 Å². The summed E-state index contributed by atoms with van der Waals surface area (Å²) >= 11 is 4.09. The molecule has 1 amide bonds. The van der Waals surface area contributed by atoms with Crippen LogP contribution in [0.5, 0.6) is 0 Å². The Morgan fingerprint density at radius 1 is 1.44 bits per heavy atom. The number of carbonyl (C=O) groups is 1. The molecule has 0 bridgehead atoms. The highest BCUT2D eigenvalue weighted by Crippen LogP contribution is 2.10. The van der Waals surface area contributed by atoms with Gasteiger partial charge < -0.3 is 9.42 Å². The molecule has 5 nitrogen and oxygen atoms in total. The van der Waals surface area contributed by atoms with Crippen molar-refractivity contribution in [1.82, 2.24) is 15.0 Å². The fourth-order valence-electron chi connectivity index (χ4n) is 2.12. The number of nitrogens with zero attached hydrogens (tertiary/aromatic N) is 3. The number of aromatic nitrogens is 1. The molecule has 0 radical (unpaired) electrons. The van der Waals surface area contributed by atoms with Gasteiger partial charge in [-0.1, -0.05) is 5.16 Å². The largest absolute Gasteiger partial charge is 0.360 e. The highest BCUT2D eigenvalue weighted by molar-refractivity contribution is 7.80. The molecule has 1 aromatic heterocycles. The number of carbonyl (C=O) groups excluding carboxylic acids is 1. The van der Waals surface area contributed by atoms with E-state index in [-0.39, 0.29) is 5.91 Å². The summed E-state index contributed by atoms with van der Waals surface area (Å²) in [5, 5.41) is 3.87. The second-order valence-electron chi connectivity index (χ2n) is 4.57. The van der Waals surface area contributed by atoms with Gasteiger partial charge >= 0.3 is 0 Å². The van der Waals surface area contributed by atoms with E-state index in [0.717, 1.165) is 44.2 Å². The normalized spacial score (nSPS) is 17.1. The molecule has 0 atom stereocenters. The number of hydrogen-bond acceptors (Lipinski definition) is 5. The first-order valence-corrected chi connectivity index (χ1v) is 6.85. The van der Waals surface area contributed by atoms with Gasteiger partial charge in [0, 0.05) is 38.7 Å². The van der Waals surface area contributed by atoms with Crippen molar-refractivity contribution in [2.45, 2.75) is 19.9 Å². The Bertz CT molecular complexity index is 400. The molecule has 2 rings (SSSR count). The first-order chi connectivity index (χ1) is 8.69. The maximum Gasteiger partial charge on any atom is 0.223 e. The number of hydrogen-bond donors (Lipinski definition) is 1. The third-order valence-electron chi connectivity index (χ3n) is 3.11. The number of thiol groups is 1. The van der Waals surface area contributed by atoms with E-state index in [9.17, 15) is 4.79 Å². The van der Waals surface area contributed by atoms with Gasteiger partial charge in [0.05, 0.1) is 12.2 Å². The molecule has 1 aliphatic rings. The molecule has 0 N–H and O–H groups in total. The summed E-state index contributed by atoms with van der Waals surface area (Å²) in [6.45, 7) is 6.05. The Labute approximate surface area is 113 Å². The second-order valence-corrected chi connectivity index (χ2v) is 5.01. The van der Waals surface area contributed by atoms with Crippen LogP contribution in [0, 0.1) is 6.92 Å². The van der Waals surface area contributed by atoms with E-state index in [2.05, 4.69) is 22.7 Å². The molecular weight excluding hydrogens is 250 g/mol. The molecule has 0 unspecified atom stereocenters. The van der Waals surface area contributed by atoms with Crippen LogP contribution in [0.25, 0.3) is 0 Å². The number of amides is 1. The van der Waals surface area contributed by atoms with Crippen LogP contribution in [-0.2, 0) is 11.3 Å². The molecule has 0 saturated carbocycles. The fraction of sp³-hybridized carbons (Fsp3) is 0.667. The quantitative estimate of drug-likeness (QED) is 0.827. The van der Waals surface area contributed by atoms with Crippen LogP contribution in [0.15, 0.2) is 10.6 Å². The first-order valence-electron chi connectivity index (χ1n) is 6.22. The van der Waals surface area contributed by atoms with Crippen molar-refractivity contribution in [2.75, 3.05) is 31.9 Å². The van der Waals surface area contributed by atoms with Gasteiger partial charge in [-0.15, -0.1) is 0 Å². The number of piperazine rings is 1. The minimum absolute atomic E-state index is 0.208. The van der Waals surface area contributed by atoms with Crippen molar-refractivity contribution in [3.63, 3.8) is 0 Å². The predicted octanol–water partition coefficient (Wildman–Crippen LogP) is 0.947. The van der Waals surface area contributed by atoms with E-state index in [4.69, 9.17) is 4.52 Å². The van der Waals surface area contributed by atoms with Crippen LogP contribution in [0.3, 0.4) is 0 Å². The van der Waals surface area contributed by atoms with Crippen LogP contribution in [0.4, 0.5) is 0 Å². The van der Waals surface area contributed by atoms with Crippen molar-refractivity contribution in [1.29, 1.82) is 0 Å². The molecular formula is C12H19N3O2S. The maximum atomic E-state index is 11.7. The molecule has 2 heterocycles. The zero-order valence-electron chi connectivity index (χ0n) is 10.6. The van der Waals surface area contributed by atoms with E-state index >= 15 is 0 Å². The average molecular weight is 269 g/mol. The van der Waals surface area contributed by atoms with Crippen LogP contribution < -0.4 is 0 Å². The Hall–Kier alpha value is -1.01. The van der Waals surface area contributed by atoms with Crippen molar-refractivity contribution in [2.24, 2.45) is 0 Å². The van der Waals surface area contributed by atoms with Crippen molar-refractivity contribution >= 4 is 18.5 Å². The van der Waals surface area contributed by atoms with Crippen LogP contribution >= 0.6 is 12.6 Å². The maximum absolute atomic E-state index is 11.7. The molecule has 100 valence electrons. The molecule has 0 aromatic carbocycles. The Morgan fingerprint density at radius 2 is 2.17 bits per heavy atom. The topological polar surface area (TPSA) is 49.6 Å². The van der Waals surface area contributed by atoms with Crippen LogP contribution in [0.2, 0.25) is 0 Å². The SMILES string of the molecule is Cc1cc(CN2CCN(C(=O)CCS)CC2)on1. The molecule has 1 fully saturated rings. The van der Waals surface area contributed by atoms with Gasteiger partial charge in [-0.05, 0) is 12.7 Å². The third kappa shape index (κ3) is 3.49. The van der Waals surface area contributed by atoms with E-state index in [1.807, 2.05) is 17.9 Å². The Balaban J connectivity index is 1.78. The van der Waals surface area contributed by atoms with E-state index in [1.54, 1.807) is 0 Å². The zero-order chi connectivity index (χ0) is 13.0. The third-order valence-corrected chi connectivity index (χ3v) is 3.33. The average Bonchev–Trinajstić information content (AvgIpc) is 2.76. The summed E-state index contributed by atoms with van der Waals surface area (Å²) in [7, 11) is 0. The summed E-state index contributed by atoms with van der Waals surface area (Å²) in [4.78, 5) is 15.9. The lowest BCUT2D eigenvalue weighted by molar-refractivity contribution is -0.132. The molecule has 1 saturated heterocycles. The van der Waals surface area contributed by atoms with E-state index in [0.29, 0.717) is 12.2 Å². The molecule has 6 heteroatoms. The van der Waals surface area contributed by atoms with Crippen molar-refractivity contribution in [3.05, 3.63) is 17.5 Å². The van der Waals surface area contributed by atoms with Gasteiger partial charge in [0.15, 0.2) is 5.76 Å². The minimum Gasteiger partial charge on any atom is -0.360 e. The molecule has 0 spiro atoms. The van der Waals surface area contributed by atoms with Crippen molar-refractivity contribution in [3.8, 4) is 0 Å². The van der Waals surface area contributed by atoms with Crippen molar-refractivity contribution < 1.29 is 9.32 Å². The van der Waals surface area contributed by atoms with Gasteiger partial charge in [0.2, 0.25) is 5.91 Å². The summed E-state index contributed by atoms with van der Waals surface area (Å²) in [6, 6.07) is 1.96. The standard InChI is InChI=1S/C12H19N3O2S/c1-10-8-11(17-13-10)9-14-3-5-15(6-4-14)12(16)2-7-18/h8,18H,2-7,9H2,1H3. The number of rotatable bonds is 4. The highest BCUT2D eigenvalue weighted by atomic mass is 32.1. The number of aryl methyl sites for hydroxylation is 1. The molecule has 1 aromatic rings. The molecule has 0 aliphatic carbocycles. The Morgan fingerprint density at radius 3 is 2.72 bits per heavy atom. The monoisotopic (exact) mass is 269 g/mol. The summed E-state index contributed by atoms with van der Waals surface area (Å²) < 4.78 is 5.20. The van der Waals surface area contributed by atoms with Crippen LogP contribution in [0.1, 0.15) is 17.9 Å². The fourth-order valence-corrected chi connectivity index (χ4v) is 2.31. The van der Waals surface area contributed by atoms with Gasteiger partial charge in [0.25, 0.3) is 0 Å². The lowest BCUT2D eigenvalue weighted by Crippen LogP contribution is -2.48. The van der Waals surface area contributed by atoms with E-state index < -0.39 is 0 Å². The lowest BCUT2D eigenvalue weighted by Gasteiger charge is -2.34. The first kappa shape index (κ1) is 13.4. The molecule has 1 aliphatic heterocycles.